The lowest BCUT2D eigenvalue weighted by atomic mass is 10.2. The summed E-state index contributed by atoms with van der Waals surface area (Å²) in [5.41, 5.74) is 0.414. The summed E-state index contributed by atoms with van der Waals surface area (Å²) in [6.45, 7) is 0. The zero-order valence-electron chi connectivity index (χ0n) is 12.0. The highest BCUT2D eigenvalue weighted by Gasteiger charge is 2.36. The number of nitrogens with zero attached hydrogens (tertiary/aromatic N) is 1. The van der Waals surface area contributed by atoms with Crippen LogP contribution >= 0.6 is 22.9 Å². The first kappa shape index (κ1) is 17.8. The highest BCUT2D eigenvalue weighted by Crippen LogP contribution is 2.34. The average molecular weight is 409 g/mol. The molecule has 0 fully saturated rings. The Morgan fingerprint density at radius 1 is 1.16 bits per heavy atom. The fourth-order valence-electron chi connectivity index (χ4n) is 1.86. The molecule has 132 valence electrons. The molecule has 5 nitrogen and oxygen atoms in total. The minimum absolute atomic E-state index is 0.0750. The molecule has 0 atom stereocenters. The topological polar surface area (TPSA) is 72.2 Å². The van der Waals surface area contributed by atoms with Gasteiger partial charge >= 0.3 is 6.18 Å². The maximum atomic E-state index is 12.5. The molecule has 3 rings (SSSR count). The van der Waals surface area contributed by atoms with Crippen LogP contribution < -0.4 is 4.72 Å². The van der Waals surface area contributed by atoms with Crippen molar-refractivity contribution in [1.29, 1.82) is 0 Å². The number of sulfonamides is 1. The molecule has 0 saturated heterocycles. The van der Waals surface area contributed by atoms with E-state index >= 15 is 0 Å². The Labute approximate surface area is 149 Å². The van der Waals surface area contributed by atoms with Gasteiger partial charge in [0.1, 0.15) is 9.90 Å². The van der Waals surface area contributed by atoms with Crippen molar-refractivity contribution in [3.8, 4) is 11.3 Å². The average Bonchev–Trinajstić information content (AvgIpc) is 3.17. The standard InChI is InChI=1S/C14H8ClF3N2O3S2/c15-9-1-3-10(4-2-9)20-25(21,22)13-5-8(7-24-13)11-6-12(23-19-11)14(16,17)18/h1-7,20H. The molecule has 3 aromatic rings. The minimum Gasteiger partial charge on any atom is -0.351 e. The molecule has 11 heteroatoms. The molecule has 0 aliphatic heterocycles. The van der Waals surface area contributed by atoms with Crippen molar-refractivity contribution in [2.75, 3.05) is 4.72 Å². The second kappa shape index (κ2) is 6.36. The number of anilines is 1. The largest absolute Gasteiger partial charge is 0.452 e. The van der Waals surface area contributed by atoms with Gasteiger partial charge in [-0.05, 0) is 30.3 Å². The summed E-state index contributed by atoms with van der Waals surface area (Å²) in [5, 5.41) is 5.16. The predicted molar refractivity (Wildman–Crippen MR) is 87.1 cm³/mol. The zero-order chi connectivity index (χ0) is 18.2. The molecular weight excluding hydrogens is 401 g/mol. The third kappa shape index (κ3) is 3.97. The first-order chi connectivity index (χ1) is 11.6. The van der Waals surface area contributed by atoms with Crippen LogP contribution in [-0.4, -0.2) is 13.6 Å². The fraction of sp³-hybridized carbons (Fsp3) is 0.0714. The lowest BCUT2D eigenvalue weighted by molar-refractivity contribution is -0.155. The Bertz CT molecular complexity index is 995. The highest BCUT2D eigenvalue weighted by atomic mass is 35.5. The van der Waals surface area contributed by atoms with Crippen molar-refractivity contribution in [3.05, 3.63) is 52.6 Å². The van der Waals surface area contributed by atoms with Gasteiger partial charge in [-0.2, -0.15) is 13.2 Å². The van der Waals surface area contributed by atoms with E-state index in [1.165, 1.54) is 35.7 Å². The van der Waals surface area contributed by atoms with Crippen molar-refractivity contribution >= 4 is 38.6 Å². The number of aromatic nitrogens is 1. The Balaban J connectivity index is 1.85. The number of rotatable bonds is 4. The summed E-state index contributed by atoms with van der Waals surface area (Å²) in [6.07, 6.45) is -4.66. The number of hydrogen-bond acceptors (Lipinski definition) is 5. The van der Waals surface area contributed by atoms with Crippen LogP contribution in [0.25, 0.3) is 11.3 Å². The number of benzene rings is 1. The van der Waals surface area contributed by atoms with Gasteiger partial charge in [0.25, 0.3) is 10.0 Å². The van der Waals surface area contributed by atoms with Gasteiger partial charge in [0, 0.05) is 27.7 Å². The summed E-state index contributed by atoms with van der Waals surface area (Å²) < 4.78 is 68.8. The molecule has 1 N–H and O–H groups in total. The summed E-state index contributed by atoms with van der Waals surface area (Å²) >= 11 is 6.59. The van der Waals surface area contributed by atoms with E-state index in [-0.39, 0.29) is 15.5 Å². The number of alkyl halides is 3. The van der Waals surface area contributed by atoms with Gasteiger partial charge in [-0.1, -0.05) is 16.8 Å². The van der Waals surface area contributed by atoms with Crippen molar-refractivity contribution in [2.24, 2.45) is 0 Å². The van der Waals surface area contributed by atoms with Gasteiger partial charge in [-0.3, -0.25) is 4.72 Å². The number of halogens is 4. The molecule has 0 unspecified atom stereocenters. The first-order valence-corrected chi connectivity index (χ1v) is 9.30. The maximum Gasteiger partial charge on any atom is 0.452 e. The van der Waals surface area contributed by atoms with Crippen LogP contribution in [0.4, 0.5) is 18.9 Å². The monoisotopic (exact) mass is 408 g/mol. The molecule has 0 spiro atoms. The van der Waals surface area contributed by atoms with Crippen LogP contribution in [0.3, 0.4) is 0 Å². The number of thiophene rings is 1. The van der Waals surface area contributed by atoms with Gasteiger partial charge in [0.2, 0.25) is 5.76 Å². The molecule has 25 heavy (non-hydrogen) atoms. The molecule has 0 amide bonds. The third-order valence-electron chi connectivity index (χ3n) is 3.02. The van der Waals surface area contributed by atoms with Gasteiger partial charge in [0.15, 0.2) is 0 Å². The molecule has 0 aliphatic rings. The van der Waals surface area contributed by atoms with Gasteiger partial charge in [-0.25, -0.2) is 8.42 Å². The molecule has 2 heterocycles. The van der Waals surface area contributed by atoms with Crippen molar-refractivity contribution in [2.45, 2.75) is 10.4 Å². The summed E-state index contributed by atoms with van der Waals surface area (Å²) in [5.74, 6) is -1.25. The van der Waals surface area contributed by atoms with Crippen molar-refractivity contribution < 1.29 is 26.1 Å². The van der Waals surface area contributed by atoms with E-state index in [0.717, 1.165) is 11.3 Å². The minimum atomic E-state index is -4.66. The molecule has 0 radical (unpaired) electrons. The summed E-state index contributed by atoms with van der Waals surface area (Å²) in [7, 11) is -3.89. The van der Waals surface area contributed by atoms with E-state index in [1.807, 2.05) is 0 Å². The van der Waals surface area contributed by atoms with E-state index in [0.29, 0.717) is 16.8 Å². The normalized spacial score (nSPS) is 12.3. The second-order valence-corrected chi connectivity index (χ2v) is 8.10. The van der Waals surface area contributed by atoms with E-state index in [4.69, 9.17) is 11.6 Å². The smallest absolute Gasteiger partial charge is 0.351 e. The Kier molecular flexibility index (Phi) is 4.52. The quantitative estimate of drug-likeness (QED) is 0.668. The first-order valence-electron chi connectivity index (χ1n) is 6.56. The number of hydrogen-bond donors (Lipinski definition) is 1. The Hall–Kier alpha value is -2.04. The van der Waals surface area contributed by atoms with E-state index < -0.39 is 22.0 Å². The lowest BCUT2D eigenvalue weighted by Gasteiger charge is -2.05. The van der Waals surface area contributed by atoms with Gasteiger partial charge in [-0.15, -0.1) is 11.3 Å². The van der Waals surface area contributed by atoms with Gasteiger partial charge < -0.3 is 4.52 Å². The van der Waals surface area contributed by atoms with Crippen LogP contribution in [0, 0.1) is 0 Å². The zero-order valence-corrected chi connectivity index (χ0v) is 14.4. The summed E-state index contributed by atoms with van der Waals surface area (Å²) in [4.78, 5) is 0. The molecule has 1 aromatic carbocycles. The van der Waals surface area contributed by atoms with Crippen molar-refractivity contribution in [3.63, 3.8) is 0 Å². The second-order valence-electron chi connectivity index (χ2n) is 4.84. The van der Waals surface area contributed by atoms with Gasteiger partial charge in [0.05, 0.1) is 0 Å². The van der Waals surface area contributed by atoms with E-state index in [9.17, 15) is 21.6 Å². The van der Waals surface area contributed by atoms with E-state index in [2.05, 4.69) is 14.4 Å². The number of nitrogens with one attached hydrogen (secondary N) is 1. The molecular formula is C14H8ClF3N2O3S2. The Morgan fingerprint density at radius 2 is 1.84 bits per heavy atom. The highest BCUT2D eigenvalue weighted by molar-refractivity contribution is 7.94. The van der Waals surface area contributed by atoms with Crippen LogP contribution in [0.2, 0.25) is 5.02 Å². The third-order valence-corrected chi connectivity index (χ3v) is 6.09. The van der Waals surface area contributed by atoms with Crippen LogP contribution in [0.5, 0.6) is 0 Å². The van der Waals surface area contributed by atoms with Crippen LogP contribution in [0.15, 0.2) is 50.5 Å². The molecule has 0 bridgehead atoms. The maximum absolute atomic E-state index is 12.5. The van der Waals surface area contributed by atoms with Crippen molar-refractivity contribution in [1.82, 2.24) is 5.16 Å². The fourth-order valence-corrected chi connectivity index (χ4v) is 4.22. The predicted octanol–water partition coefficient (Wildman–Crippen LogP) is 4.88. The SMILES string of the molecule is O=S(=O)(Nc1ccc(Cl)cc1)c1cc(-c2cc(C(F)(F)F)on2)cs1. The summed E-state index contributed by atoms with van der Waals surface area (Å²) in [6, 6.07) is 7.95. The molecule has 0 saturated carbocycles. The molecule has 0 aliphatic carbocycles. The Morgan fingerprint density at radius 3 is 2.44 bits per heavy atom. The van der Waals surface area contributed by atoms with Crippen LogP contribution in [-0.2, 0) is 16.2 Å². The molecule has 2 aromatic heterocycles. The van der Waals surface area contributed by atoms with E-state index in [1.54, 1.807) is 0 Å². The van der Waals surface area contributed by atoms with Crippen LogP contribution in [0.1, 0.15) is 5.76 Å². The lowest BCUT2D eigenvalue weighted by Crippen LogP contribution is -2.11.